The van der Waals surface area contributed by atoms with Crippen molar-refractivity contribution < 1.29 is 19.5 Å². The van der Waals surface area contributed by atoms with E-state index in [0.29, 0.717) is 23.3 Å². The molecule has 0 bridgehead atoms. The van der Waals surface area contributed by atoms with Gasteiger partial charge in [0.1, 0.15) is 11.4 Å². The van der Waals surface area contributed by atoms with E-state index >= 15 is 0 Å². The van der Waals surface area contributed by atoms with Gasteiger partial charge in [0.25, 0.3) is 5.91 Å². The molecule has 2 aromatic rings. The second kappa shape index (κ2) is 9.54. The van der Waals surface area contributed by atoms with Crippen molar-refractivity contribution in [3.05, 3.63) is 65.2 Å². The molecule has 2 aromatic carbocycles. The Morgan fingerprint density at radius 2 is 1.94 bits per heavy atom. The Balaban J connectivity index is 1.35. The van der Waals surface area contributed by atoms with Crippen molar-refractivity contribution in [1.82, 2.24) is 10.4 Å². The van der Waals surface area contributed by atoms with E-state index in [2.05, 4.69) is 34.5 Å². The molecule has 1 saturated heterocycles. The molecule has 0 unspecified atom stereocenters. The summed E-state index contributed by atoms with van der Waals surface area (Å²) in [4.78, 5) is 26.5. The van der Waals surface area contributed by atoms with Crippen LogP contribution >= 0.6 is 0 Å². The minimum absolute atomic E-state index is 0.0752. The van der Waals surface area contributed by atoms with E-state index < -0.39 is 11.5 Å². The second-order valence-electron chi connectivity index (χ2n) is 8.49. The van der Waals surface area contributed by atoms with Crippen LogP contribution in [0.1, 0.15) is 40.7 Å². The number of nitrogens with one attached hydrogen (secondary N) is 2. The number of piperidine rings is 1. The van der Waals surface area contributed by atoms with Gasteiger partial charge in [-0.3, -0.25) is 14.8 Å². The van der Waals surface area contributed by atoms with Crippen LogP contribution < -0.4 is 15.5 Å². The van der Waals surface area contributed by atoms with E-state index in [0.717, 1.165) is 44.6 Å². The van der Waals surface area contributed by atoms with Crippen molar-refractivity contribution in [2.24, 2.45) is 0 Å². The summed E-state index contributed by atoms with van der Waals surface area (Å²) in [5.74, 6) is 0.0697. The fourth-order valence-electron chi connectivity index (χ4n) is 4.41. The van der Waals surface area contributed by atoms with Crippen molar-refractivity contribution in [1.29, 1.82) is 0 Å². The number of carbonyl (C=O) groups excluding carboxylic acids is 2. The van der Waals surface area contributed by atoms with Crippen LogP contribution in [0.5, 0.6) is 5.75 Å². The molecular weight excluding hydrogens is 406 g/mol. The molecule has 7 nitrogen and oxygen atoms in total. The highest BCUT2D eigenvalue weighted by molar-refractivity contribution is 6.01. The lowest BCUT2D eigenvalue weighted by molar-refractivity contribution is -0.124. The number of benzene rings is 2. The van der Waals surface area contributed by atoms with Gasteiger partial charge in [0, 0.05) is 51.3 Å². The summed E-state index contributed by atoms with van der Waals surface area (Å²) >= 11 is 0. The van der Waals surface area contributed by atoms with E-state index in [1.807, 2.05) is 7.05 Å². The Morgan fingerprint density at radius 3 is 2.62 bits per heavy atom. The lowest BCUT2D eigenvalue weighted by Gasteiger charge is -2.44. The van der Waals surface area contributed by atoms with E-state index in [9.17, 15) is 9.59 Å². The summed E-state index contributed by atoms with van der Waals surface area (Å²) in [6.07, 6.45) is 5.80. The normalized spacial score (nSPS) is 17.8. The molecule has 168 valence electrons. The molecule has 0 aliphatic carbocycles. The number of rotatable bonds is 6. The van der Waals surface area contributed by atoms with Gasteiger partial charge in [-0.25, -0.2) is 5.48 Å². The molecule has 1 amide bonds. The maximum Gasteiger partial charge on any atom is 0.267 e. The van der Waals surface area contributed by atoms with Gasteiger partial charge in [0.2, 0.25) is 0 Å². The number of hydrogen-bond acceptors (Lipinski definition) is 6. The number of ether oxygens (including phenoxy) is 1. The summed E-state index contributed by atoms with van der Waals surface area (Å²) in [7, 11) is 1.92. The van der Waals surface area contributed by atoms with Crippen molar-refractivity contribution in [3.63, 3.8) is 0 Å². The molecule has 0 saturated carbocycles. The first-order chi connectivity index (χ1) is 15.5. The molecule has 0 atom stereocenters. The van der Waals surface area contributed by atoms with E-state index in [1.54, 1.807) is 29.8 Å². The zero-order valence-electron chi connectivity index (χ0n) is 18.3. The Hall–Kier alpha value is -3.16. The Bertz CT molecular complexity index is 1010. The van der Waals surface area contributed by atoms with Gasteiger partial charge < -0.3 is 15.0 Å². The highest BCUT2D eigenvalue weighted by Crippen LogP contribution is 2.39. The SMILES string of the molecule is CNc1ccc(CCN2CCC3(CC2)CC(=O)c2cc(C=CC(=O)NO)ccc2O3)cc1. The molecule has 0 aromatic heterocycles. The lowest BCUT2D eigenvalue weighted by atomic mass is 9.82. The number of amides is 1. The Kier molecular flexibility index (Phi) is 6.58. The molecule has 1 fully saturated rings. The van der Waals surface area contributed by atoms with Crippen LogP contribution in [-0.2, 0) is 11.2 Å². The van der Waals surface area contributed by atoms with Gasteiger partial charge in [-0.15, -0.1) is 0 Å². The number of hydroxylamine groups is 1. The van der Waals surface area contributed by atoms with E-state index in [4.69, 9.17) is 9.94 Å². The summed E-state index contributed by atoms with van der Waals surface area (Å²) in [5.41, 5.74) is 4.82. The molecule has 2 aliphatic heterocycles. The zero-order valence-corrected chi connectivity index (χ0v) is 18.3. The van der Waals surface area contributed by atoms with Gasteiger partial charge in [-0.1, -0.05) is 18.2 Å². The first-order valence-corrected chi connectivity index (χ1v) is 11.0. The summed E-state index contributed by atoms with van der Waals surface area (Å²) < 4.78 is 6.37. The van der Waals surface area contributed by atoms with E-state index in [1.165, 1.54) is 11.6 Å². The van der Waals surface area contributed by atoms with Gasteiger partial charge >= 0.3 is 0 Å². The molecule has 4 rings (SSSR count). The molecule has 32 heavy (non-hydrogen) atoms. The number of Topliss-reactive ketones (excluding diaryl/α,β-unsaturated/α-hetero) is 1. The van der Waals surface area contributed by atoms with Crippen LogP contribution in [0.2, 0.25) is 0 Å². The lowest BCUT2D eigenvalue weighted by Crippen LogP contribution is -2.51. The highest BCUT2D eigenvalue weighted by Gasteiger charge is 2.42. The van der Waals surface area contributed by atoms with Crippen molar-refractivity contribution in [2.45, 2.75) is 31.3 Å². The Morgan fingerprint density at radius 1 is 1.19 bits per heavy atom. The minimum Gasteiger partial charge on any atom is -0.486 e. The second-order valence-corrected chi connectivity index (χ2v) is 8.49. The predicted molar refractivity (Wildman–Crippen MR) is 123 cm³/mol. The van der Waals surface area contributed by atoms with Crippen LogP contribution in [0.4, 0.5) is 5.69 Å². The van der Waals surface area contributed by atoms with E-state index in [-0.39, 0.29) is 5.78 Å². The van der Waals surface area contributed by atoms with Crippen molar-refractivity contribution in [2.75, 3.05) is 32.0 Å². The third-order valence-corrected chi connectivity index (χ3v) is 6.38. The number of likely N-dealkylation sites (tertiary alicyclic amines) is 1. The number of anilines is 1. The van der Waals surface area contributed by atoms with Crippen LogP contribution in [0.15, 0.2) is 48.5 Å². The summed E-state index contributed by atoms with van der Waals surface area (Å²) in [6, 6.07) is 13.9. The number of hydrogen-bond donors (Lipinski definition) is 3. The number of fused-ring (bicyclic) bond motifs is 1. The van der Waals surface area contributed by atoms with Crippen LogP contribution in [0.25, 0.3) is 6.08 Å². The highest BCUT2D eigenvalue weighted by atomic mass is 16.5. The first kappa shape index (κ1) is 22.0. The number of nitrogens with zero attached hydrogens (tertiary/aromatic N) is 1. The topological polar surface area (TPSA) is 90.9 Å². The molecule has 3 N–H and O–H groups in total. The first-order valence-electron chi connectivity index (χ1n) is 11.0. The quantitative estimate of drug-likeness (QED) is 0.366. The van der Waals surface area contributed by atoms with Crippen LogP contribution in [-0.4, -0.2) is 54.1 Å². The molecule has 2 aliphatic rings. The van der Waals surface area contributed by atoms with Gasteiger partial charge in [0.05, 0.1) is 12.0 Å². The zero-order chi connectivity index (χ0) is 22.6. The monoisotopic (exact) mass is 435 g/mol. The molecule has 1 spiro atoms. The third kappa shape index (κ3) is 5.00. The molecule has 0 radical (unpaired) electrons. The van der Waals surface area contributed by atoms with Gasteiger partial charge in [-0.2, -0.15) is 0 Å². The van der Waals surface area contributed by atoms with Crippen molar-refractivity contribution >= 4 is 23.5 Å². The maximum atomic E-state index is 12.9. The number of ketones is 1. The van der Waals surface area contributed by atoms with Crippen molar-refractivity contribution in [3.8, 4) is 5.75 Å². The van der Waals surface area contributed by atoms with Crippen LogP contribution in [0, 0.1) is 0 Å². The number of carbonyl (C=O) groups is 2. The largest absolute Gasteiger partial charge is 0.486 e. The fourth-order valence-corrected chi connectivity index (χ4v) is 4.41. The molecular formula is C25H29N3O4. The third-order valence-electron chi connectivity index (χ3n) is 6.38. The fraction of sp³-hybridized carbons (Fsp3) is 0.360. The maximum absolute atomic E-state index is 12.9. The summed E-state index contributed by atoms with van der Waals surface area (Å²) in [6.45, 7) is 2.82. The molecule has 7 heteroatoms. The summed E-state index contributed by atoms with van der Waals surface area (Å²) in [5, 5.41) is 11.7. The predicted octanol–water partition coefficient (Wildman–Crippen LogP) is 3.29. The Labute approximate surface area is 188 Å². The average Bonchev–Trinajstić information content (AvgIpc) is 2.82. The van der Waals surface area contributed by atoms with Gasteiger partial charge in [0.15, 0.2) is 5.78 Å². The molecule has 2 heterocycles. The average molecular weight is 436 g/mol. The van der Waals surface area contributed by atoms with Crippen LogP contribution in [0.3, 0.4) is 0 Å². The standard InChI is InChI=1S/C25H29N3O4/c1-26-20-6-2-18(3-7-20)10-13-28-14-11-25(12-15-28)17-22(29)21-16-19(4-8-23(21)32-25)5-9-24(30)27-31/h2-9,16,26,31H,10-15,17H2,1H3,(H,27,30). The smallest absolute Gasteiger partial charge is 0.267 e. The van der Waals surface area contributed by atoms with Gasteiger partial charge in [-0.05, 0) is 47.9 Å². The minimum atomic E-state index is -0.619.